The molecule has 1 aliphatic heterocycles. The molecule has 0 saturated carbocycles. The number of carboxylic acid groups (broad SMARTS) is 2. The monoisotopic (exact) mass is 832 g/mol. The zero-order valence-electron chi connectivity index (χ0n) is 31.4. The number of urea groups is 4. The third-order valence-corrected chi connectivity index (χ3v) is 7.55. The van der Waals surface area contributed by atoms with Crippen LogP contribution in [0.5, 0.6) is 0 Å². The number of carboxylic acids is 2. The Morgan fingerprint density at radius 1 is 0.741 bits per heavy atom. The average molecular weight is 833 g/mol. The Kier molecular flexibility index (Phi) is 22.7. The zero-order valence-corrected chi connectivity index (χ0v) is 31.4. The van der Waals surface area contributed by atoms with E-state index in [1.165, 1.54) is 9.80 Å². The highest BCUT2D eigenvalue weighted by Gasteiger charge is 2.38. The highest BCUT2D eigenvalue weighted by molar-refractivity contribution is 6.43. The first-order valence-corrected chi connectivity index (χ1v) is 17.3. The van der Waals surface area contributed by atoms with Gasteiger partial charge in [-0.2, -0.15) is 0 Å². The van der Waals surface area contributed by atoms with Gasteiger partial charge in [-0.05, 0) is 12.8 Å². The third kappa shape index (κ3) is 20.9. The standard InChI is InChI=1S/C29H49BN12O16/c1-17(25(52)42-7-3-4-18(42)30(57)58)35-28(55)39(2)29(56)38-27(54)37-21(45)12-34-26(53)36-20(44)11-33-19(43)10-31-5-8-40(14-23(48)49)16-41(15-24(50)51)9-6-32-13-22(46)47/h18,22,31-32,46-47,57-58H,1,3-16H2,2H3,(H,33,43)(H,35,55)(H,48,49)(H,50,51)(H2,34,36,44,53)(H2,37,38,45,54,56). The number of aliphatic hydroxyl groups is 2. The van der Waals surface area contributed by atoms with Crippen molar-refractivity contribution in [3.05, 3.63) is 12.3 Å². The summed E-state index contributed by atoms with van der Waals surface area (Å²) in [4.78, 5) is 124. The van der Waals surface area contributed by atoms with Crippen molar-refractivity contribution < 1.29 is 78.4 Å². The van der Waals surface area contributed by atoms with E-state index >= 15 is 0 Å². The van der Waals surface area contributed by atoms with Crippen molar-refractivity contribution in [3.8, 4) is 0 Å². The molecular weight excluding hydrogens is 783 g/mol. The first-order valence-electron chi connectivity index (χ1n) is 17.3. The molecule has 0 bridgehead atoms. The van der Waals surface area contributed by atoms with Gasteiger partial charge in [0.1, 0.15) is 5.70 Å². The van der Waals surface area contributed by atoms with E-state index in [9.17, 15) is 68.2 Å². The number of rotatable bonds is 23. The van der Waals surface area contributed by atoms with Gasteiger partial charge in [-0.1, -0.05) is 6.58 Å². The predicted molar refractivity (Wildman–Crippen MR) is 194 cm³/mol. The van der Waals surface area contributed by atoms with E-state index in [4.69, 9.17) is 10.2 Å². The molecule has 28 nitrogen and oxygen atoms in total. The highest BCUT2D eigenvalue weighted by Crippen LogP contribution is 2.19. The minimum Gasteiger partial charge on any atom is -0.480 e. The zero-order chi connectivity index (χ0) is 43.9. The highest BCUT2D eigenvalue weighted by atomic mass is 16.5. The van der Waals surface area contributed by atoms with E-state index in [0.717, 1.165) is 11.9 Å². The molecule has 0 aromatic heterocycles. The lowest BCUT2D eigenvalue weighted by atomic mass is 9.78. The average Bonchev–Trinajstić information content (AvgIpc) is 3.62. The maximum atomic E-state index is 12.5. The molecular formula is C29H49BN12O16. The molecule has 1 atom stereocenters. The summed E-state index contributed by atoms with van der Waals surface area (Å²) in [5.74, 6) is -7.02. The molecule has 1 rings (SSSR count). The maximum absolute atomic E-state index is 12.5. The van der Waals surface area contributed by atoms with Crippen LogP contribution in [-0.2, 0) is 28.8 Å². The van der Waals surface area contributed by atoms with Gasteiger partial charge in [-0.25, -0.2) is 24.1 Å². The fourth-order valence-corrected chi connectivity index (χ4v) is 4.86. The minimum atomic E-state index is -1.82. The van der Waals surface area contributed by atoms with Crippen LogP contribution in [0.4, 0.5) is 19.2 Å². The molecule has 1 unspecified atom stereocenters. The number of likely N-dealkylation sites (tertiary alicyclic amines) is 1. The number of aliphatic carboxylic acids is 2. The molecule has 1 aliphatic rings. The number of aliphatic hydroxyl groups excluding tert-OH is 1. The SMILES string of the molecule is C=C(NC(=O)N(C)C(=O)NC(=O)NC(=O)CNC(=O)NC(=O)CNC(=O)CNCCN(CC(=O)O)CN(CCNCC(O)O)CC(=O)O)C(=O)N1CCCC1B(O)O. The molecule has 0 aromatic rings. The van der Waals surface area contributed by atoms with Crippen LogP contribution >= 0.6 is 0 Å². The maximum Gasteiger partial charge on any atom is 0.475 e. The third-order valence-electron chi connectivity index (χ3n) is 7.55. The van der Waals surface area contributed by atoms with E-state index in [0.29, 0.717) is 17.7 Å². The predicted octanol–water partition coefficient (Wildman–Crippen LogP) is -7.75. The summed E-state index contributed by atoms with van der Waals surface area (Å²) >= 11 is 0. The summed E-state index contributed by atoms with van der Waals surface area (Å²) in [6.45, 7) is 0.920. The second kappa shape index (κ2) is 26.2. The lowest BCUT2D eigenvalue weighted by Crippen LogP contribution is -2.53. The number of carbonyl (C=O) groups excluding carboxylic acids is 8. The van der Waals surface area contributed by atoms with E-state index in [1.807, 2.05) is 10.6 Å². The number of nitrogens with one attached hydrogen (secondary N) is 8. The van der Waals surface area contributed by atoms with Crippen molar-refractivity contribution in [2.24, 2.45) is 0 Å². The lowest BCUT2D eigenvalue weighted by molar-refractivity contribution is -0.140. The van der Waals surface area contributed by atoms with Crippen LogP contribution in [0.25, 0.3) is 0 Å². The Morgan fingerprint density at radius 3 is 1.83 bits per heavy atom. The summed E-state index contributed by atoms with van der Waals surface area (Å²) in [6.07, 6.45) is -0.844. The summed E-state index contributed by atoms with van der Waals surface area (Å²) in [5, 5.41) is 71.8. The summed E-state index contributed by atoms with van der Waals surface area (Å²) < 4.78 is 0. The number of imide groups is 4. The molecule has 29 heteroatoms. The molecule has 324 valence electrons. The minimum absolute atomic E-state index is 0.0543. The smallest absolute Gasteiger partial charge is 0.475 e. The Balaban J connectivity index is 2.38. The fraction of sp³-hybridized carbons (Fsp3) is 0.586. The first-order chi connectivity index (χ1) is 27.2. The molecule has 14 N–H and O–H groups in total. The number of carbonyl (C=O) groups is 10. The second-order valence-electron chi connectivity index (χ2n) is 12.3. The van der Waals surface area contributed by atoms with Gasteiger partial charge in [-0.15, -0.1) is 0 Å². The number of amides is 12. The van der Waals surface area contributed by atoms with Gasteiger partial charge in [0, 0.05) is 46.3 Å². The molecule has 58 heavy (non-hydrogen) atoms. The summed E-state index contributed by atoms with van der Waals surface area (Å²) in [6, 6.07) is -5.20. The molecule has 0 spiro atoms. The molecule has 1 heterocycles. The normalized spacial score (nSPS) is 13.4. The van der Waals surface area contributed by atoms with Crippen LogP contribution in [-0.4, -0.2) is 215 Å². The molecule has 0 aromatic carbocycles. The number of hydrogen-bond acceptors (Lipinski definition) is 18. The van der Waals surface area contributed by atoms with Gasteiger partial charge in [0.15, 0.2) is 6.29 Å². The number of nitrogens with zero attached hydrogens (tertiary/aromatic N) is 4. The second-order valence-corrected chi connectivity index (χ2v) is 12.3. The first kappa shape index (κ1) is 50.2. The molecule has 1 saturated heterocycles. The topological polar surface area (TPSA) is 401 Å². The quantitative estimate of drug-likeness (QED) is 0.0197. The van der Waals surface area contributed by atoms with E-state index in [-0.39, 0.29) is 52.5 Å². The number of hydrogen-bond donors (Lipinski definition) is 14. The van der Waals surface area contributed by atoms with Crippen LogP contribution in [0.1, 0.15) is 12.8 Å². The van der Waals surface area contributed by atoms with E-state index < -0.39 is 111 Å². The van der Waals surface area contributed by atoms with Crippen molar-refractivity contribution in [2.45, 2.75) is 25.1 Å². The molecule has 12 amide bonds. The van der Waals surface area contributed by atoms with Crippen molar-refractivity contribution >= 4 is 66.8 Å². The van der Waals surface area contributed by atoms with Crippen molar-refractivity contribution in [3.63, 3.8) is 0 Å². The van der Waals surface area contributed by atoms with Gasteiger partial charge in [0.25, 0.3) is 5.91 Å². The van der Waals surface area contributed by atoms with Gasteiger partial charge in [0.2, 0.25) is 17.7 Å². The Labute approximate surface area is 330 Å². The van der Waals surface area contributed by atoms with Crippen molar-refractivity contribution in [1.29, 1.82) is 0 Å². The Bertz CT molecular complexity index is 1520. The molecule has 0 aliphatic carbocycles. The van der Waals surface area contributed by atoms with Crippen LogP contribution in [0.2, 0.25) is 0 Å². The van der Waals surface area contributed by atoms with Gasteiger partial charge >= 0.3 is 43.2 Å². The van der Waals surface area contributed by atoms with Crippen LogP contribution in [0.3, 0.4) is 0 Å². The Hall–Kier alpha value is -5.82. The van der Waals surface area contributed by atoms with Gasteiger partial charge in [-0.3, -0.25) is 54.5 Å². The largest absolute Gasteiger partial charge is 0.480 e. The molecule has 1 fully saturated rings. The van der Waals surface area contributed by atoms with Crippen LogP contribution < -0.4 is 42.5 Å². The van der Waals surface area contributed by atoms with E-state index in [2.05, 4.69) is 22.5 Å². The van der Waals surface area contributed by atoms with Crippen molar-refractivity contribution in [1.82, 2.24) is 62.1 Å². The summed E-state index contributed by atoms with van der Waals surface area (Å²) in [5.41, 5.74) is -0.500. The van der Waals surface area contributed by atoms with Gasteiger partial charge in [0.05, 0.1) is 45.3 Å². The summed E-state index contributed by atoms with van der Waals surface area (Å²) in [7, 11) is -0.913. The van der Waals surface area contributed by atoms with Crippen LogP contribution in [0, 0.1) is 0 Å². The van der Waals surface area contributed by atoms with Crippen molar-refractivity contribution in [2.75, 3.05) is 85.7 Å². The van der Waals surface area contributed by atoms with Crippen LogP contribution in [0.15, 0.2) is 12.3 Å². The fourth-order valence-electron chi connectivity index (χ4n) is 4.86. The Morgan fingerprint density at radius 2 is 1.28 bits per heavy atom. The lowest BCUT2D eigenvalue weighted by Gasteiger charge is -2.28. The molecule has 0 radical (unpaired) electrons. The van der Waals surface area contributed by atoms with E-state index in [1.54, 1.807) is 16.0 Å². The van der Waals surface area contributed by atoms with Gasteiger partial charge < -0.3 is 62.0 Å².